The highest BCUT2D eigenvalue weighted by Gasteiger charge is 2.30. The summed E-state index contributed by atoms with van der Waals surface area (Å²) in [6.45, 7) is 10.1. The molecule has 0 spiro atoms. The number of carbonyl (C=O) groups excluding carboxylic acids is 2. The highest BCUT2D eigenvalue weighted by atomic mass is 32.2. The van der Waals surface area contributed by atoms with Gasteiger partial charge in [-0.15, -0.1) is 0 Å². The molecule has 2 amide bonds. The summed E-state index contributed by atoms with van der Waals surface area (Å²) in [4.78, 5) is 27.9. The van der Waals surface area contributed by atoms with Crippen molar-refractivity contribution in [3.63, 3.8) is 0 Å². The molecule has 7 nitrogen and oxygen atoms in total. The van der Waals surface area contributed by atoms with Gasteiger partial charge in [-0.2, -0.15) is 0 Å². The van der Waals surface area contributed by atoms with Crippen LogP contribution >= 0.6 is 0 Å². The molecule has 8 heteroatoms. The molecule has 0 aromatic heterocycles. The zero-order chi connectivity index (χ0) is 26.2. The van der Waals surface area contributed by atoms with Crippen molar-refractivity contribution in [1.29, 1.82) is 0 Å². The first-order valence-electron chi connectivity index (χ1n) is 12.1. The number of nitrogens with zero attached hydrogens (tertiary/aromatic N) is 2. The Bertz CT molecular complexity index is 1080. The van der Waals surface area contributed by atoms with Crippen LogP contribution in [0.5, 0.6) is 0 Å². The van der Waals surface area contributed by atoms with Gasteiger partial charge in [0.25, 0.3) is 0 Å². The van der Waals surface area contributed by atoms with Crippen LogP contribution in [0.2, 0.25) is 0 Å². The van der Waals surface area contributed by atoms with Crippen LogP contribution in [0.4, 0.5) is 5.69 Å². The molecule has 2 aromatic rings. The molecule has 0 fully saturated rings. The molecule has 2 aromatic carbocycles. The first-order valence-corrected chi connectivity index (χ1v) is 13.9. The quantitative estimate of drug-likeness (QED) is 0.479. The lowest BCUT2D eigenvalue weighted by Gasteiger charge is -2.32. The van der Waals surface area contributed by atoms with Crippen molar-refractivity contribution in [1.82, 2.24) is 10.2 Å². The second-order valence-electron chi connectivity index (χ2n) is 9.62. The maximum atomic E-state index is 13.6. The molecular formula is C27H39N3O4S. The fourth-order valence-corrected chi connectivity index (χ4v) is 4.69. The second kappa shape index (κ2) is 12.7. The molecule has 0 unspecified atom stereocenters. The van der Waals surface area contributed by atoms with Crippen LogP contribution in [0, 0.1) is 5.92 Å². The van der Waals surface area contributed by atoms with Crippen LogP contribution in [0.15, 0.2) is 54.6 Å². The first kappa shape index (κ1) is 28.4. The molecule has 0 aliphatic carbocycles. The van der Waals surface area contributed by atoms with Crippen LogP contribution in [0.1, 0.15) is 51.7 Å². The van der Waals surface area contributed by atoms with Gasteiger partial charge >= 0.3 is 0 Å². The van der Waals surface area contributed by atoms with Crippen molar-refractivity contribution in [2.45, 2.75) is 53.0 Å². The number of hydrogen-bond acceptors (Lipinski definition) is 4. The average molecular weight is 502 g/mol. The van der Waals surface area contributed by atoms with E-state index < -0.39 is 22.0 Å². The Labute approximate surface area is 210 Å². The van der Waals surface area contributed by atoms with Gasteiger partial charge in [-0.05, 0) is 42.4 Å². The number of amides is 2. The predicted molar refractivity (Wildman–Crippen MR) is 142 cm³/mol. The van der Waals surface area contributed by atoms with Crippen LogP contribution in [0.25, 0.3) is 0 Å². The van der Waals surface area contributed by atoms with E-state index in [9.17, 15) is 18.0 Å². The summed E-state index contributed by atoms with van der Waals surface area (Å²) in [6.07, 6.45) is 1.65. The summed E-state index contributed by atoms with van der Waals surface area (Å²) >= 11 is 0. The molecule has 0 heterocycles. The van der Waals surface area contributed by atoms with Crippen molar-refractivity contribution in [3.8, 4) is 0 Å². The standard InChI is InChI=1S/C27H39N3O4S/c1-20(2)18-28-27(32)22(5)29(17-16-23-12-8-7-9-13-23)26(31)19-30(35(6,33)34)25-15-11-10-14-24(25)21(3)4/h7-15,20-22H,16-19H2,1-6H3,(H,28,32)/t22-/m1/s1. The van der Waals surface area contributed by atoms with Gasteiger partial charge in [0.1, 0.15) is 12.6 Å². The van der Waals surface area contributed by atoms with Gasteiger partial charge in [0.2, 0.25) is 21.8 Å². The van der Waals surface area contributed by atoms with E-state index in [4.69, 9.17) is 0 Å². The molecular weight excluding hydrogens is 462 g/mol. The molecule has 192 valence electrons. The van der Waals surface area contributed by atoms with E-state index in [-0.39, 0.29) is 24.3 Å². The number of anilines is 1. The van der Waals surface area contributed by atoms with Gasteiger partial charge in [0.15, 0.2) is 0 Å². The summed E-state index contributed by atoms with van der Waals surface area (Å²) in [5.74, 6) is -0.334. The highest BCUT2D eigenvalue weighted by molar-refractivity contribution is 7.92. The number of sulfonamides is 1. The molecule has 1 atom stereocenters. The minimum atomic E-state index is -3.75. The zero-order valence-corrected chi connectivity index (χ0v) is 22.5. The third kappa shape index (κ3) is 8.38. The Morgan fingerprint density at radius 2 is 1.51 bits per heavy atom. The third-order valence-corrected chi connectivity index (χ3v) is 6.97. The van der Waals surface area contributed by atoms with Crippen molar-refractivity contribution in [2.24, 2.45) is 5.92 Å². The Balaban J connectivity index is 2.36. The van der Waals surface area contributed by atoms with E-state index in [1.807, 2.05) is 70.2 Å². The molecule has 0 radical (unpaired) electrons. The van der Waals surface area contributed by atoms with Crippen LogP contribution in [-0.4, -0.2) is 57.1 Å². The minimum absolute atomic E-state index is 0.0699. The monoisotopic (exact) mass is 501 g/mol. The van der Waals surface area contributed by atoms with E-state index in [0.717, 1.165) is 21.7 Å². The van der Waals surface area contributed by atoms with Crippen molar-refractivity contribution >= 4 is 27.5 Å². The third-order valence-electron chi connectivity index (χ3n) is 5.84. The maximum Gasteiger partial charge on any atom is 0.244 e. The van der Waals surface area contributed by atoms with E-state index in [1.54, 1.807) is 19.1 Å². The smallest absolute Gasteiger partial charge is 0.244 e. The number of hydrogen-bond donors (Lipinski definition) is 1. The first-order chi connectivity index (χ1) is 16.4. The lowest BCUT2D eigenvalue weighted by molar-refractivity contribution is -0.138. The Morgan fingerprint density at radius 3 is 2.09 bits per heavy atom. The van der Waals surface area contributed by atoms with Crippen LogP contribution in [-0.2, 0) is 26.0 Å². The Kier molecular flexibility index (Phi) is 10.3. The summed E-state index contributed by atoms with van der Waals surface area (Å²) in [5, 5.41) is 2.89. The normalized spacial score (nSPS) is 12.5. The fraction of sp³-hybridized carbons (Fsp3) is 0.481. The van der Waals surface area contributed by atoms with Gasteiger partial charge in [-0.1, -0.05) is 76.2 Å². The number of rotatable bonds is 12. The van der Waals surface area contributed by atoms with Gasteiger partial charge in [0, 0.05) is 13.1 Å². The SMILES string of the molecule is CC(C)CNC(=O)[C@@H](C)N(CCc1ccccc1)C(=O)CN(c1ccccc1C(C)C)S(C)(=O)=O. The molecule has 0 saturated carbocycles. The van der Waals surface area contributed by atoms with Crippen molar-refractivity contribution < 1.29 is 18.0 Å². The number of nitrogens with one attached hydrogen (secondary N) is 1. The molecule has 35 heavy (non-hydrogen) atoms. The van der Waals surface area contributed by atoms with Crippen molar-refractivity contribution in [2.75, 3.05) is 30.2 Å². The molecule has 0 bridgehead atoms. The minimum Gasteiger partial charge on any atom is -0.354 e. The zero-order valence-electron chi connectivity index (χ0n) is 21.7. The average Bonchev–Trinajstić information content (AvgIpc) is 2.80. The summed E-state index contributed by atoms with van der Waals surface area (Å²) < 4.78 is 26.8. The molecule has 1 N–H and O–H groups in total. The number of benzene rings is 2. The molecule has 0 saturated heterocycles. The summed E-state index contributed by atoms with van der Waals surface area (Å²) in [7, 11) is -3.75. The summed E-state index contributed by atoms with van der Waals surface area (Å²) in [6, 6.07) is 16.2. The largest absolute Gasteiger partial charge is 0.354 e. The van der Waals surface area contributed by atoms with E-state index in [0.29, 0.717) is 25.2 Å². The topological polar surface area (TPSA) is 86.8 Å². The van der Waals surface area contributed by atoms with Crippen molar-refractivity contribution in [3.05, 3.63) is 65.7 Å². The lowest BCUT2D eigenvalue weighted by Crippen LogP contribution is -2.52. The Morgan fingerprint density at radius 1 is 0.914 bits per heavy atom. The van der Waals surface area contributed by atoms with E-state index >= 15 is 0 Å². The fourth-order valence-electron chi connectivity index (χ4n) is 3.82. The van der Waals surface area contributed by atoms with E-state index in [2.05, 4.69) is 5.32 Å². The van der Waals surface area contributed by atoms with Gasteiger partial charge in [-0.25, -0.2) is 8.42 Å². The van der Waals surface area contributed by atoms with Gasteiger partial charge in [0.05, 0.1) is 11.9 Å². The predicted octanol–water partition coefficient (Wildman–Crippen LogP) is 3.81. The lowest BCUT2D eigenvalue weighted by atomic mass is 10.0. The van der Waals surface area contributed by atoms with Crippen LogP contribution in [0.3, 0.4) is 0 Å². The van der Waals surface area contributed by atoms with Crippen LogP contribution < -0.4 is 9.62 Å². The number of para-hydroxylation sites is 1. The Hall–Kier alpha value is -2.87. The van der Waals surface area contributed by atoms with Gasteiger partial charge < -0.3 is 10.2 Å². The molecule has 2 rings (SSSR count). The van der Waals surface area contributed by atoms with E-state index in [1.165, 1.54) is 4.90 Å². The maximum absolute atomic E-state index is 13.6. The molecule has 0 aliphatic rings. The molecule has 0 aliphatic heterocycles. The second-order valence-corrected chi connectivity index (χ2v) is 11.5. The summed E-state index contributed by atoms with van der Waals surface area (Å²) in [5.41, 5.74) is 2.35. The van der Waals surface area contributed by atoms with Gasteiger partial charge in [-0.3, -0.25) is 13.9 Å². The highest BCUT2D eigenvalue weighted by Crippen LogP contribution is 2.29. The number of carbonyl (C=O) groups is 2.